The van der Waals surface area contributed by atoms with Gasteiger partial charge in [0.2, 0.25) is 5.91 Å². The fourth-order valence-electron chi connectivity index (χ4n) is 1.63. The predicted molar refractivity (Wildman–Crippen MR) is 72.2 cm³/mol. The standard InChI is InChI=1S/C14H22N2O2/c1-10(11-5-4-6-12(17)9-11)16-13(18)7-8-14(2,3)15/h4-6,9-10,17H,7-8,15H2,1-3H3,(H,16,18). The zero-order valence-electron chi connectivity index (χ0n) is 11.2. The van der Waals surface area contributed by atoms with Gasteiger partial charge in [-0.1, -0.05) is 12.1 Å². The Balaban J connectivity index is 2.50. The van der Waals surface area contributed by atoms with E-state index in [4.69, 9.17) is 5.73 Å². The lowest BCUT2D eigenvalue weighted by Gasteiger charge is -2.19. The number of amides is 1. The van der Waals surface area contributed by atoms with Gasteiger partial charge in [0.05, 0.1) is 6.04 Å². The van der Waals surface area contributed by atoms with Gasteiger partial charge in [-0.25, -0.2) is 0 Å². The van der Waals surface area contributed by atoms with Crippen molar-refractivity contribution in [2.75, 3.05) is 0 Å². The van der Waals surface area contributed by atoms with Crippen LogP contribution in [0, 0.1) is 0 Å². The molecule has 0 saturated carbocycles. The molecule has 1 rings (SSSR count). The number of carbonyl (C=O) groups is 1. The molecule has 0 spiro atoms. The summed E-state index contributed by atoms with van der Waals surface area (Å²) in [6.07, 6.45) is 1.05. The summed E-state index contributed by atoms with van der Waals surface area (Å²) in [4.78, 5) is 11.7. The highest BCUT2D eigenvalue weighted by molar-refractivity contribution is 5.76. The van der Waals surface area contributed by atoms with Crippen molar-refractivity contribution >= 4 is 5.91 Å². The Hall–Kier alpha value is -1.55. The highest BCUT2D eigenvalue weighted by Crippen LogP contribution is 2.18. The first-order valence-corrected chi connectivity index (χ1v) is 6.15. The summed E-state index contributed by atoms with van der Waals surface area (Å²) in [6, 6.07) is 6.77. The summed E-state index contributed by atoms with van der Waals surface area (Å²) in [5.74, 6) is 0.182. The number of hydrogen-bond acceptors (Lipinski definition) is 3. The lowest BCUT2D eigenvalue weighted by atomic mass is 9.99. The van der Waals surface area contributed by atoms with Crippen molar-refractivity contribution in [3.8, 4) is 5.75 Å². The first-order valence-electron chi connectivity index (χ1n) is 6.15. The number of phenols is 1. The lowest BCUT2D eigenvalue weighted by molar-refractivity contribution is -0.122. The molecule has 18 heavy (non-hydrogen) atoms. The molecule has 0 radical (unpaired) electrons. The maximum Gasteiger partial charge on any atom is 0.220 e. The van der Waals surface area contributed by atoms with E-state index in [0.29, 0.717) is 12.8 Å². The highest BCUT2D eigenvalue weighted by atomic mass is 16.3. The highest BCUT2D eigenvalue weighted by Gasteiger charge is 2.15. The maximum absolute atomic E-state index is 11.7. The third kappa shape index (κ3) is 5.19. The minimum Gasteiger partial charge on any atom is -0.508 e. The number of nitrogens with one attached hydrogen (secondary N) is 1. The van der Waals surface area contributed by atoms with Gasteiger partial charge in [0.25, 0.3) is 0 Å². The van der Waals surface area contributed by atoms with Crippen LogP contribution in [0.5, 0.6) is 5.75 Å². The average molecular weight is 250 g/mol. The average Bonchev–Trinajstić information content (AvgIpc) is 2.25. The Morgan fingerprint density at radius 3 is 2.72 bits per heavy atom. The summed E-state index contributed by atoms with van der Waals surface area (Å²) < 4.78 is 0. The summed E-state index contributed by atoms with van der Waals surface area (Å²) in [5, 5.41) is 12.3. The topological polar surface area (TPSA) is 75.4 Å². The van der Waals surface area contributed by atoms with Gasteiger partial charge in [-0.2, -0.15) is 0 Å². The van der Waals surface area contributed by atoms with Crippen molar-refractivity contribution in [1.82, 2.24) is 5.32 Å². The minimum absolute atomic E-state index is 0.0237. The fourth-order valence-corrected chi connectivity index (χ4v) is 1.63. The molecule has 0 aliphatic carbocycles. The van der Waals surface area contributed by atoms with Crippen LogP contribution in [0.15, 0.2) is 24.3 Å². The van der Waals surface area contributed by atoms with Crippen LogP contribution in [0.1, 0.15) is 45.2 Å². The van der Waals surface area contributed by atoms with E-state index in [0.717, 1.165) is 5.56 Å². The second kappa shape index (κ2) is 5.87. The van der Waals surface area contributed by atoms with Crippen molar-refractivity contribution in [3.63, 3.8) is 0 Å². The molecular formula is C14H22N2O2. The third-order valence-corrected chi connectivity index (χ3v) is 2.74. The number of phenolic OH excluding ortho intramolecular Hbond substituents is 1. The Bertz CT molecular complexity index is 411. The van der Waals surface area contributed by atoms with Crippen molar-refractivity contribution in [3.05, 3.63) is 29.8 Å². The SMILES string of the molecule is CC(NC(=O)CCC(C)(C)N)c1cccc(O)c1. The first kappa shape index (κ1) is 14.5. The van der Waals surface area contributed by atoms with E-state index >= 15 is 0 Å². The molecule has 0 aromatic heterocycles. The fraction of sp³-hybridized carbons (Fsp3) is 0.500. The van der Waals surface area contributed by atoms with Crippen molar-refractivity contribution in [2.24, 2.45) is 5.73 Å². The Kier molecular flexibility index (Phi) is 4.73. The van der Waals surface area contributed by atoms with Crippen LogP contribution in [0.4, 0.5) is 0 Å². The smallest absolute Gasteiger partial charge is 0.220 e. The van der Waals surface area contributed by atoms with Crippen molar-refractivity contribution in [2.45, 2.75) is 45.2 Å². The van der Waals surface area contributed by atoms with Gasteiger partial charge < -0.3 is 16.2 Å². The van der Waals surface area contributed by atoms with Crippen LogP contribution in [-0.2, 0) is 4.79 Å². The molecule has 4 heteroatoms. The van der Waals surface area contributed by atoms with Crippen LogP contribution >= 0.6 is 0 Å². The molecule has 1 unspecified atom stereocenters. The maximum atomic E-state index is 11.7. The molecule has 100 valence electrons. The van der Waals surface area contributed by atoms with Gasteiger partial charge in [0.1, 0.15) is 5.75 Å². The molecule has 0 aliphatic rings. The van der Waals surface area contributed by atoms with Crippen LogP contribution in [-0.4, -0.2) is 16.6 Å². The number of hydrogen-bond donors (Lipinski definition) is 3. The molecule has 4 nitrogen and oxygen atoms in total. The number of carbonyl (C=O) groups excluding carboxylic acids is 1. The van der Waals surface area contributed by atoms with Crippen molar-refractivity contribution in [1.29, 1.82) is 0 Å². The molecule has 0 fully saturated rings. The second-order valence-corrected chi connectivity index (χ2v) is 5.37. The molecule has 1 aromatic rings. The molecule has 4 N–H and O–H groups in total. The predicted octanol–water partition coefficient (Wildman–Crippen LogP) is 2.09. The van der Waals surface area contributed by atoms with Gasteiger partial charge >= 0.3 is 0 Å². The summed E-state index contributed by atoms with van der Waals surface area (Å²) in [7, 11) is 0. The summed E-state index contributed by atoms with van der Waals surface area (Å²) in [5.41, 5.74) is 6.39. The van der Waals surface area contributed by atoms with Crippen LogP contribution in [0.25, 0.3) is 0 Å². The summed E-state index contributed by atoms with van der Waals surface area (Å²) >= 11 is 0. The van der Waals surface area contributed by atoms with Gasteiger partial charge in [-0.3, -0.25) is 4.79 Å². The molecule has 0 aliphatic heterocycles. The van der Waals surface area contributed by atoms with Crippen molar-refractivity contribution < 1.29 is 9.90 Å². The number of rotatable bonds is 5. The normalized spacial score (nSPS) is 13.1. The molecule has 1 aromatic carbocycles. The summed E-state index contributed by atoms with van der Waals surface area (Å²) in [6.45, 7) is 5.69. The third-order valence-electron chi connectivity index (χ3n) is 2.74. The largest absolute Gasteiger partial charge is 0.508 e. The van der Waals surface area contributed by atoms with Gasteiger partial charge in [-0.15, -0.1) is 0 Å². The van der Waals surface area contributed by atoms with E-state index < -0.39 is 0 Å². The molecule has 0 saturated heterocycles. The quantitative estimate of drug-likeness (QED) is 0.749. The number of aromatic hydroxyl groups is 1. The molecular weight excluding hydrogens is 228 g/mol. The van der Waals surface area contributed by atoms with E-state index in [1.165, 1.54) is 0 Å². The molecule has 1 atom stereocenters. The molecule has 1 amide bonds. The zero-order valence-corrected chi connectivity index (χ0v) is 11.2. The molecule has 0 heterocycles. The van der Waals surface area contributed by atoms with Crippen LogP contribution in [0.3, 0.4) is 0 Å². The Morgan fingerprint density at radius 1 is 1.50 bits per heavy atom. The number of nitrogens with two attached hydrogens (primary N) is 1. The Morgan fingerprint density at radius 2 is 2.17 bits per heavy atom. The van der Waals surface area contributed by atoms with E-state index in [9.17, 15) is 9.90 Å². The van der Waals surface area contributed by atoms with E-state index in [-0.39, 0.29) is 23.2 Å². The molecule has 0 bridgehead atoms. The van der Waals surface area contributed by atoms with Crippen LogP contribution < -0.4 is 11.1 Å². The lowest BCUT2D eigenvalue weighted by Crippen LogP contribution is -2.35. The Labute approximate surface area is 108 Å². The second-order valence-electron chi connectivity index (χ2n) is 5.37. The first-order chi connectivity index (χ1) is 8.28. The van der Waals surface area contributed by atoms with Gasteiger partial charge in [0, 0.05) is 12.0 Å². The minimum atomic E-state index is -0.328. The van der Waals surface area contributed by atoms with E-state index in [2.05, 4.69) is 5.32 Å². The zero-order chi connectivity index (χ0) is 13.8. The van der Waals surface area contributed by atoms with Crippen LogP contribution in [0.2, 0.25) is 0 Å². The van der Waals surface area contributed by atoms with E-state index in [1.807, 2.05) is 26.8 Å². The van der Waals surface area contributed by atoms with E-state index in [1.54, 1.807) is 18.2 Å². The van der Waals surface area contributed by atoms with Gasteiger partial charge in [0.15, 0.2) is 0 Å². The van der Waals surface area contributed by atoms with Gasteiger partial charge in [-0.05, 0) is 44.9 Å². The monoisotopic (exact) mass is 250 g/mol. The number of benzene rings is 1.